The summed E-state index contributed by atoms with van der Waals surface area (Å²) in [6, 6.07) is 1.93. The van der Waals surface area contributed by atoms with Crippen LogP contribution in [-0.4, -0.2) is 25.0 Å². The van der Waals surface area contributed by atoms with Gasteiger partial charge in [0, 0.05) is 18.5 Å². The molecule has 2 aromatic rings. The summed E-state index contributed by atoms with van der Waals surface area (Å²) < 4.78 is 37.3. The van der Waals surface area contributed by atoms with E-state index in [4.69, 9.17) is 5.11 Å². The van der Waals surface area contributed by atoms with Crippen molar-refractivity contribution in [2.24, 2.45) is 0 Å². The molecule has 0 spiro atoms. The van der Waals surface area contributed by atoms with Crippen LogP contribution in [0.2, 0.25) is 0 Å². The van der Waals surface area contributed by atoms with Gasteiger partial charge in [-0.1, -0.05) is 0 Å². The number of hydrogen-bond donors (Lipinski definition) is 1. The summed E-state index contributed by atoms with van der Waals surface area (Å²) in [6.07, 6.45) is -1.99. The largest absolute Gasteiger partial charge is 0.493 e. The van der Waals surface area contributed by atoms with Crippen LogP contribution in [-0.2, 0) is 6.18 Å². The molecule has 0 aromatic carbocycles. The molecule has 0 fully saturated rings. The molecule has 1 N–H and O–H groups in total. The lowest BCUT2D eigenvalue weighted by molar-refractivity contribution is -0.141. The average Bonchev–Trinajstić information content (AvgIpc) is 2.28. The minimum absolute atomic E-state index is 0.0890. The molecule has 2 rings (SSSR count). The molecule has 88 valence electrons. The van der Waals surface area contributed by atoms with E-state index in [0.29, 0.717) is 6.07 Å². The van der Waals surface area contributed by atoms with E-state index in [9.17, 15) is 13.2 Å². The number of aromatic hydroxyl groups is 1. The fourth-order valence-corrected chi connectivity index (χ4v) is 1.09. The standard InChI is InChI=1S/C9H5F3N4O/c10-9(11,12)5-4-6(17)16-8(15-5)7-13-2-1-3-14-7/h1-4H,(H,15,16,17). The number of aromatic nitrogens is 4. The number of nitrogens with zero attached hydrogens (tertiary/aromatic N) is 4. The predicted octanol–water partition coefficient (Wildman–Crippen LogP) is 1.66. The van der Waals surface area contributed by atoms with Crippen LogP contribution in [0.1, 0.15) is 5.69 Å². The topological polar surface area (TPSA) is 71.8 Å². The molecule has 5 nitrogen and oxygen atoms in total. The molecule has 0 unspecified atom stereocenters. The Bertz CT molecular complexity index is 530. The van der Waals surface area contributed by atoms with Crippen molar-refractivity contribution < 1.29 is 18.3 Å². The van der Waals surface area contributed by atoms with Crippen LogP contribution in [0.5, 0.6) is 5.88 Å². The first-order valence-corrected chi connectivity index (χ1v) is 4.39. The number of alkyl halides is 3. The van der Waals surface area contributed by atoms with Gasteiger partial charge in [0.05, 0.1) is 0 Å². The van der Waals surface area contributed by atoms with Gasteiger partial charge in [-0.05, 0) is 6.07 Å². The van der Waals surface area contributed by atoms with E-state index in [1.165, 1.54) is 18.5 Å². The van der Waals surface area contributed by atoms with Gasteiger partial charge in [-0.3, -0.25) is 0 Å². The van der Waals surface area contributed by atoms with Crippen LogP contribution >= 0.6 is 0 Å². The van der Waals surface area contributed by atoms with E-state index in [2.05, 4.69) is 19.9 Å². The third-order valence-electron chi connectivity index (χ3n) is 1.77. The Hall–Kier alpha value is -2.25. The van der Waals surface area contributed by atoms with E-state index in [1.807, 2.05) is 0 Å². The van der Waals surface area contributed by atoms with Gasteiger partial charge in [0.25, 0.3) is 0 Å². The Labute approximate surface area is 93.0 Å². The molecule has 2 aromatic heterocycles. The van der Waals surface area contributed by atoms with Gasteiger partial charge in [0.1, 0.15) is 0 Å². The zero-order valence-electron chi connectivity index (χ0n) is 8.18. The zero-order valence-corrected chi connectivity index (χ0v) is 8.18. The number of hydrogen-bond acceptors (Lipinski definition) is 5. The van der Waals surface area contributed by atoms with Crippen molar-refractivity contribution in [2.45, 2.75) is 6.18 Å². The molecule has 0 aliphatic heterocycles. The van der Waals surface area contributed by atoms with Crippen molar-refractivity contribution >= 4 is 0 Å². The maximum Gasteiger partial charge on any atom is 0.433 e. The van der Waals surface area contributed by atoms with E-state index in [1.54, 1.807) is 0 Å². The van der Waals surface area contributed by atoms with Crippen LogP contribution in [0.15, 0.2) is 24.5 Å². The molecule has 0 bridgehead atoms. The highest BCUT2D eigenvalue weighted by atomic mass is 19.4. The lowest BCUT2D eigenvalue weighted by Gasteiger charge is -2.07. The molecule has 0 aliphatic carbocycles. The SMILES string of the molecule is Oc1cc(C(F)(F)F)nc(-c2ncccn2)n1. The smallest absolute Gasteiger partial charge is 0.433 e. The summed E-state index contributed by atoms with van der Waals surface area (Å²) in [6.45, 7) is 0. The van der Waals surface area contributed by atoms with Gasteiger partial charge in [0.15, 0.2) is 11.5 Å². The van der Waals surface area contributed by atoms with E-state index in [0.717, 1.165) is 0 Å². The van der Waals surface area contributed by atoms with Crippen LogP contribution in [0.4, 0.5) is 13.2 Å². The normalized spacial score (nSPS) is 11.5. The van der Waals surface area contributed by atoms with E-state index >= 15 is 0 Å². The van der Waals surface area contributed by atoms with Crippen LogP contribution in [0, 0.1) is 0 Å². The third kappa shape index (κ3) is 2.47. The summed E-state index contributed by atoms with van der Waals surface area (Å²) in [5, 5.41) is 9.11. The van der Waals surface area contributed by atoms with Crippen molar-refractivity contribution in [3.8, 4) is 17.5 Å². The average molecular weight is 242 g/mol. The number of halogens is 3. The summed E-state index contributed by atoms with van der Waals surface area (Å²) in [5.41, 5.74) is -1.24. The quantitative estimate of drug-likeness (QED) is 0.823. The second-order valence-electron chi connectivity index (χ2n) is 3.01. The van der Waals surface area contributed by atoms with Gasteiger partial charge >= 0.3 is 6.18 Å². The van der Waals surface area contributed by atoms with Gasteiger partial charge in [-0.2, -0.15) is 18.2 Å². The lowest BCUT2D eigenvalue weighted by atomic mass is 10.3. The van der Waals surface area contributed by atoms with E-state index < -0.39 is 17.8 Å². The van der Waals surface area contributed by atoms with Crippen LogP contribution in [0.25, 0.3) is 11.6 Å². The molecule has 17 heavy (non-hydrogen) atoms. The second kappa shape index (κ2) is 3.96. The summed E-state index contributed by atoms with van der Waals surface area (Å²) in [5.74, 6) is -1.25. The van der Waals surface area contributed by atoms with Gasteiger partial charge < -0.3 is 5.11 Å². The Balaban J connectivity index is 2.54. The summed E-state index contributed by atoms with van der Waals surface area (Å²) in [4.78, 5) is 14.1. The van der Waals surface area contributed by atoms with Gasteiger partial charge in [0.2, 0.25) is 11.7 Å². The zero-order chi connectivity index (χ0) is 12.5. The lowest BCUT2D eigenvalue weighted by Crippen LogP contribution is -2.09. The fourth-order valence-electron chi connectivity index (χ4n) is 1.09. The molecule has 0 amide bonds. The highest BCUT2D eigenvalue weighted by molar-refractivity contribution is 5.44. The third-order valence-corrected chi connectivity index (χ3v) is 1.77. The van der Waals surface area contributed by atoms with Crippen molar-refractivity contribution in [3.05, 3.63) is 30.2 Å². The van der Waals surface area contributed by atoms with Crippen molar-refractivity contribution in [1.29, 1.82) is 0 Å². The molecule has 0 saturated heterocycles. The Morgan fingerprint density at radius 3 is 2.24 bits per heavy atom. The monoisotopic (exact) mass is 242 g/mol. The molecule has 0 saturated carbocycles. The first-order valence-electron chi connectivity index (χ1n) is 4.39. The minimum Gasteiger partial charge on any atom is -0.493 e. The second-order valence-corrected chi connectivity index (χ2v) is 3.01. The molecular formula is C9H5F3N4O. The maximum atomic E-state index is 12.4. The molecule has 8 heteroatoms. The van der Waals surface area contributed by atoms with E-state index in [-0.39, 0.29) is 11.6 Å². The predicted molar refractivity (Wildman–Crippen MR) is 49.7 cm³/mol. The Kier molecular flexibility index (Phi) is 2.62. The minimum atomic E-state index is -4.66. The molecule has 0 radical (unpaired) electrons. The first-order chi connectivity index (χ1) is 7.97. The van der Waals surface area contributed by atoms with Crippen molar-refractivity contribution in [3.63, 3.8) is 0 Å². The highest BCUT2D eigenvalue weighted by Gasteiger charge is 2.34. The van der Waals surface area contributed by atoms with Crippen LogP contribution < -0.4 is 0 Å². The Morgan fingerprint density at radius 1 is 1.00 bits per heavy atom. The van der Waals surface area contributed by atoms with Crippen molar-refractivity contribution in [1.82, 2.24) is 19.9 Å². The summed E-state index contributed by atoms with van der Waals surface area (Å²) in [7, 11) is 0. The fraction of sp³-hybridized carbons (Fsp3) is 0.111. The first kappa shape index (κ1) is 11.2. The summed E-state index contributed by atoms with van der Waals surface area (Å²) >= 11 is 0. The van der Waals surface area contributed by atoms with Crippen molar-refractivity contribution in [2.75, 3.05) is 0 Å². The van der Waals surface area contributed by atoms with Gasteiger partial charge in [-0.15, -0.1) is 0 Å². The van der Waals surface area contributed by atoms with Gasteiger partial charge in [-0.25, -0.2) is 15.0 Å². The number of rotatable bonds is 1. The molecule has 0 atom stereocenters. The maximum absolute atomic E-state index is 12.4. The molecule has 0 aliphatic rings. The molecule has 2 heterocycles. The van der Waals surface area contributed by atoms with Crippen LogP contribution in [0.3, 0.4) is 0 Å². The Morgan fingerprint density at radius 2 is 1.65 bits per heavy atom. The highest BCUT2D eigenvalue weighted by Crippen LogP contribution is 2.30. The molecular weight excluding hydrogens is 237 g/mol.